The summed E-state index contributed by atoms with van der Waals surface area (Å²) in [5.41, 5.74) is 1.10. The molecule has 4 heteroatoms. The van der Waals surface area contributed by atoms with Crippen molar-refractivity contribution in [2.75, 3.05) is 14.1 Å². The van der Waals surface area contributed by atoms with E-state index in [-0.39, 0.29) is 17.7 Å². The number of carbonyl (C=O) groups is 1. The summed E-state index contributed by atoms with van der Waals surface area (Å²) >= 11 is 0. The van der Waals surface area contributed by atoms with Crippen molar-refractivity contribution in [1.82, 2.24) is 4.90 Å². The third kappa shape index (κ3) is 4.37. The molecule has 0 aliphatic rings. The molecule has 1 rings (SSSR count). The zero-order valence-corrected chi connectivity index (χ0v) is 11.1. The third-order valence-corrected chi connectivity index (χ3v) is 3.19. The van der Waals surface area contributed by atoms with Gasteiger partial charge in [0, 0.05) is 6.04 Å². The number of nitrogens with zero attached hydrogens (tertiary/aromatic N) is 1. The first kappa shape index (κ1) is 14.5. The Hall–Kier alpha value is -1.55. The minimum atomic E-state index is -0.757. The molecule has 2 N–H and O–H groups in total. The van der Waals surface area contributed by atoms with Crippen LogP contribution < -0.4 is 0 Å². The largest absolute Gasteiger partial charge is 0.508 e. The molecule has 0 spiro atoms. The summed E-state index contributed by atoms with van der Waals surface area (Å²) in [4.78, 5) is 13.0. The van der Waals surface area contributed by atoms with E-state index < -0.39 is 5.97 Å². The lowest BCUT2D eigenvalue weighted by molar-refractivity contribution is -0.141. The second-order valence-electron chi connectivity index (χ2n) is 4.96. The van der Waals surface area contributed by atoms with Gasteiger partial charge in [-0.3, -0.25) is 4.79 Å². The first-order chi connectivity index (χ1) is 8.40. The lowest BCUT2D eigenvalue weighted by Crippen LogP contribution is -2.33. The van der Waals surface area contributed by atoms with Crippen LogP contribution in [0, 0.1) is 5.92 Å². The number of carboxylic acid groups (broad SMARTS) is 1. The van der Waals surface area contributed by atoms with Crippen LogP contribution in [-0.4, -0.2) is 41.2 Å². The number of phenolic OH excluding ortho intramolecular Hbond substituents is 1. The van der Waals surface area contributed by atoms with Gasteiger partial charge in [0.2, 0.25) is 0 Å². The Morgan fingerprint density at radius 2 is 1.83 bits per heavy atom. The highest BCUT2D eigenvalue weighted by atomic mass is 16.4. The van der Waals surface area contributed by atoms with Crippen molar-refractivity contribution in [2.24, 2.45) is 5.92 Å². The van der Waals surface area contributed by atoms with E-state index in [4.69, 9.17) is 5.11 Å². The van der Waals surface area contributed by atoms with Gasteiger partial charge in [0.1, 0.15) is 5.75 Å². The van der Waals surface area contributed by atoms with Gasteiger partial charge in [0.25, 0.3) is 0 Å². The van der Waals surface area contributed by atoms with Gasteiger partial charge in [-0.05, 0) is 44.6 Å². The zero-order valence-electron chi connectivity index (χ0n) is 11.1. The molecule has 0 aliphatic carbocycles. The van der Waals surface area contributed by atoms with E-state index in [0.29, 0.717) is 6.42 Å². The Morgan fingerprint density at radius 3 is 2.28 bits per heavy atom. The maximum Gasteiger partial charge on any atom is 0.306 e. The smallest absolute Gasteiger partial charge is 0.306 e. The first-order valence-corrected chi connectivity index (χ1v) is 6.07. The maximum atomic E-state index is 10.9. The number of carboxylic acids is 1. The SMILES string of the molecule is CC(C[C@H](Cc1ccc(O)cc1)N(C)C)C(=O)O. The number of rotatable bonds is 6. The Balaban J connectivity index is 2.68. The zero-order chi connectivity index (χ0) is 13.7. The molecule has 0 heterocycles. The quantitative estimate of drug-likeness (QED) is 0.811. The van der Waals surface area contributed by atoms with Crippen LogP contribution in [0.2, 0.25) is 0 Å². The van der Waals surface area contributed by atoms with Gasteiger partial charge in [-0.1, -0.05) is 19.1 Å². The number of phenols is 1. The number of likely N-dealkylation sites (N-methyl/N-ethyl adjacent to an activating group) is 1. The molecule has 0 saturated carbocycles. The average Bonchev–Trinajstić information content (AvgIpc) is 2.30. The number of hydrogen-bond donors (Lipinski definition) is 2. The van der Waals surface area contributed by atoms with Gasteiger partial charge in [0.05, 0.1) is 5.92 Å². The summed E-state index contributed by atoms with van der Waals surface area (Å²) in [5.74, 6) is -0.860. The summed E-state index contributed by atoms with van der Waals surface area (Å²) in [6.45, 7) is 1.73. The van der Waals surface area contributed by atoms with Crippen molar-refractivity contribution in [3.63, 3.8) is 0 Å². The Labute approximate surface area is 108 Å². The van der Waals surface area contributed by atoms with Gasteiger partial charge in [-0.2, -0.15) is 0 Å². The summed E-state index contributed by atoms with van der Waals surface area (Å²) in [7, 11) is 3.92. The van der Waals surface area contributed by atoms with Gasteiger partial charge in [0.15, 0.2) is 0 Å². The van der Waals surface area contributed by atoms with Crippen molar-refractivity contribution in [3.05, 3.63) is 29.8 Å². The van der Waals surface area contributed by atoms with Crippen LogP contribution in [-0.2, 0) is 11.2 Å². The molecule has 0 saturated heterocycles. The predicted octanol–water partition coefficient (Wildman–Crippen LogP) is 1.98. The fourth-order valence-corrected chi connectivity index (χ4v) is 1.89. The summed E-state index contributed by atoms with van der Waals surface area (Å²) in [6, 6.07) is 7.24. The van der Waals surface area contributed by atoms with E-state index in [1.54, 1.807) is 19.1 Å². The van der Waals surface area contributed by atoms with E-state index >= 15 is 0 Å². The van der Waals surface area contributed by atoms with Gasteiger partial charge in [-0.15, -0.1) is 0 Å². The van der Waals surface area contributed by atoms with E-state index in [2.05, 4.69) is 0 Å². The first-order valence-electron chi connectivity index (χ1n) is 6.07. The van der Waals surface area contributed by atoms with Crippen LogP contribution in [0.5, 0.6) is 5.75 Å². The molecule has 0 radical (unpaired) electrons. The fraction of sp³-hybridized carbons (Fsp3) is 0.500. The van der Waals surface area contributed by atoms with Crippen molar-refractivity contribution in [1.29, 1.82) is 0 Å². The second kappa shape index (κ2) is 6.40. The monoisotopic (exact) mass is 251 g/mol. The number of aliphatic carboxylic acids is 1. The van der Waals surface area contributed by atoms with Crippen LogP contribution in [0.4, 0.5) is 0 Å². The molecule has 0 bridgehead atoms. The summed E-state index contributed by atoms with van der Waals surface area (Å²) in [5, 5.41) is 18.2. The third-order valence-electron chi connectivity index (χ3n) is 3.19. The van der Waals surface area contributed by atoms with Crippen molar-refractivity contribution in [2.45, 2.75) is 25.8 Å². The average molecular weight is 251 g/mol. The molecule has 1 unspecified atom stereocenters. The second-order valence-corrected chi connectivity index (χ2v) is 4.96. The molecule has 2 atom stereocenters. The van der Waals surface area contributed by atoms with E-state index in [9.17, 15) is 9.90 Å². The molecule has 4 nitrogen and oxygen atoms in total. The minimum absolute atomic E-state index is 0.181. The maximum absolute atomic E-state index is 10.9. The van der Waals surface area contributed by atoms with E-state index in [1.807, 2.05) is 31.1 Å². The van der Waals surface area contributed by atoms with Gasteiger partial charge < -0.3 is 15.1 Å². The molecule has 18 heavy (non-hydrogen) atoms. The van der Waals surface area contributed by atoms with E-state index in [1.165, 1.54) is 0 Å². The van der Waals surface area contributed by atoms with E-state index in [0.717, 1.165) is 12.0 Å². The van der Waals surface area contributed by atoms with Gasteiger partial charge >= 0.3 is 5.97 Å². The molecule has 0 aliphatic heterocycles. The Kier molecular flexibility index (Phi) is 5.16. The van der Waals surface area contributed by atoms with Gasteiger partial charge in [-0.25, -0.2) is 0 Å². The number of hydrogen-bond acceptors (Lipinski definition) is 3. The van der Waals surface area contributed by atoms with Crippen LogP contribution >= 0.6 is 0 Å². The molecular weight excluding hydrogens is 230 g/mol. The normalized spacial score (nSPS) is 14.4. The van der Waals surface area contributed by atoms with Crippen molar-refractivity contribution in [3.8, 4) is 5.75 Å². The Morgan fingerprint density at radius 1 is 1.28 bits per heavy atom. The Bertz CT molecular complexity index is 387. The molecule has 1 aromatic rings. The topological polar surface area (TPSA) is 60.8 Å². The van der Waals surface area contributed by atoms with Crippen molar-refractivity contribution >= 4 is 5.97 Å². The molecular formula is C14H21NO3. The molecule has 100 valence electrons. The lowest BCUT2D eigenvalue weighted by Gasteiger charge is -2.26. The minimum Gasteiger partial charge on any atom is -0.508 e. The molecule has 0 amide bonds. The molecule has 0 fully saturated rings. The van der Waals surface area contributed by atoms with Crippen LogP contribution in [0.3, 0.4) is 0 Å². The number of aromatic hydroxyl groups is 1. The van der Waals surface area contributed by atoms with Crippen molar-refractivity contribution < 1.29 is 15.0 Å². The summed E-state index contributed by atoms with van der Waals surface area (Å²) in [6.07, 6.45) is 1.40. The van der Waals surface area contributed by atoms with Crippen LogP contribution in [0.25, 0.3) is 0 Å². The predicted molar refractivity (Wildman–Crippen MR) is 70.7 cm³/mol. The fourth-order valence-electron chi connectivity index (χ4n) is 1.89. The standard InChI is InChI=1S/C14H21NO3/c1-10(14(17)18)8-12(15(2)3)9-11-4-6-13(16)7-5-11/h4-7,10,12,16H,8-9H2,1-3H3,(H,17,18)/t10?,12-/m1/s1. The number of benzene rings is 1. The van der Waals surface area contributed by atoms with Crippen LogP contribution in [0.15, 0.2) is 24.3 Å². The molecule has 0 aromatic heterocycles. The van der Waals surface area contributed by atoms with Crippen LogP contribution in [0.1, 0.15) is 18.9 Å². The highest BCUT2D eigenvalue weighted by molar-refractivity contribution is 5.69. The molecule has 1 aromatic carbocycles. The summed E-state index contributed by atoms with van der Waals surface area (Å²) < 4.78 is 0. The highest BCUT2D eigenvalue weighted by Crippen LogP contribution is 2.17. The highest BCUT2D eigenvalue weighted by Gasteiger charge is 2.20. The lowest BCUT2D eigenvalue weighted by atomic mass is 9.95.